The van der Waals surface area contributed by atoms with Crippen LogP contribution in [0, 0.1) is 6.92 Å². The molecule has 0 atom stereocenters. The molecule has 0 fully saturated rings. The first kappa shape index (κ1) is 12.3. The van der Waals surface area contributed by atoms with E-state index >= 15 is 0 Å². The minimum Gasteiger partial charge on any atom is -0.348 e. The number of fused-ring (bicyclic) bond motifs is 1. The van der Waals surface area contributed by atoms with Gasteiger partial charge in [0.05, 0.1) is 11.3 Å². The van der Waals surface area contributed by atoms with Crippen molar-refractivity contribution < 1.29 is 4.79 Å². The van der Waals surface area contributed by atoms with Crippen LogP contribution in [0.4, 0.5) is 0 Å². The summed E-state index contributed by atoms with van der Waals surface area (Å²) < 4.78 is 1.55. The van der Waals surface area contributed by atoms with Crippen LogP contribution >= 0.6 is 0 Å². The number of amides is 1. The molecule has 0 saturated carbocycles. The first-order chi connectivity index (χ1) is 9.75. The predicted octanol–water partition coefficient (Wildman–Crippen LogP) is 1.36. The van der Waals surface area contributed by atoms with Crippen molar-refractivity contribution in [3.8, 4) is 0 Å². The van der Waals surface area contributed by atoms with Gasteiger partial charge in [0.25, 0.3) is 11.7 Å². The number of hydrogen-bond acceptors (Lipinski definition) is 4. The fourth-order valence-electron chi connectivity index (χ4n) is 1.99. The number of carbonyl (C=O) groups excluding carboxylic acids is 1. The van der Waals surface area contributed by atoms with E-state index in [1.807, 2.05) is 37.3 Å². The molecule has 1 amide bonds. The summed E-state index contributed by atoms with van der Waals surface area (Å²) in [7, 11) is 0. The van der Waals surface area contributed by atoms with Crippen LogP contribution in [-0.4, -0.2) is 25.5 Å². The lowest BCUT2D eigenvalue weighted by Gasteiger charge is -2.08. The molecule has 100 valence electrons. The van der Waals surface area contributed by atoms with E-state index in [1.54, 1.807) is 4.52 Å². The SMILES string of the molecule is Cc1c(C(=O)NCc2ccccc2)cnc2ncnn12. The summed E-state index contributed by atoms with van der Waals surface area (Å²) in [6.45, 7) is 2.30. The molecule has 6 nitrogen and oxygen atoms in total. The summed E-state index contributed by atoms with van der Waals surface area (Å²) >= 11 is 0. The molecule has 6 heteroatoms. The van der Waals surface area contributed by atoms with E-state index in [4.69, 9.17) is 0 Å². The van der Waals surface area contributed by atoms with Crippen molar-refractivity contribution in [2.24, 2.45) is 0 Å². The fraction of sp³-hybridized carbons (Fsp3) is 0.143. The Morgan fingerprint density at radius 2 is 2.05 bits per heavy atom. The van der Waals surface area contributed by atoms with Crippen LogP contribution in [0.2, 0.25) is 0 Å². The lowest BCUT2D eigenvalue weighted by molar-refractivity contribution is 0.0949. The molecule has 3 aromatic rings. The van der Waals surface area contributed by atoms with E-state index < -0.39 is 0 Å². The van der Waals surface area contributed by atoms with Gasteiger partial charge in [-0.2, -0.15) is 10.1 Å². The topological polar surface area (TPSA) is 72.2 Å². The molecule has 3 rings (SSSR count). The zero-order valence-electron chi connectivity index (χ0n) is 10.9. The van der Waals surface area contributed by atoms with Gasteiger partial charge < -0.3 is 5.32 Å². The number of aryl methyl sites for hydroxylation is 1. The van der Waals surface area contributed by atoms with Crippen molar-refractivity contribution >= 4 is 11.7 Å². The van der Waals surface area contributed by atoms with Crippen LogP contribution in [0.25, 0.3) is 5.78 Å². The Hall–Kier alpha value is -2.76. The van der Waals surface area contributed by atoms with Crippen LogP contribution in [0.1, 0.15) is 21.6 Å². The monoisotopic (exact) mass is 267 g/mol. The lowest BCUT2D eigenvalue weighted by atomic mass is 10.2. The van der Waals surface area contributed by atoms with E-state index in [-0.39, 0.29) is 5.91 Å². The molecule has 0 unspecified atom stereocenters. The molecule has 0 aliphatic heterocycles. The summed E-state index contributed by atoms with van der Waals surface area (Å²) in [6, 6.07) is 9.75. The molecule has 0 aliphatic carbocycles. The fourth-order valence-corrected chi connectivity index (χ4v) is 1.99. The Labute approximate surface area is 115 Å². The minimum absolute atomic E-state index is 0.170. The number of nitrogens with one attached hydrogen (secondary N) is 1. The Kier molecular flexibility index (Phi) is 3.12. The lowest BCUT2D eigenvalue weighted by Crippen LogP contribution is -2.24. The van der Waals surface area contributed by atoms with Crippen molar-refractivity contribution in [2.45, 2.75) is 13.5 Å². The van der Waals surface area contributed by atoms with Crippen molar-refractivity contribution in [3.05, 3.63) is 59.7 Å². The second-order valence-electron chi connectivity index (χ2n) is 4.40. The standard InChI is InChI=1S/C14H13N5O/c1-10-12(8-16-14-17-9-18-19(10)14)13(20)15-7-11-5-3-2-4-6-11/h2-6,8-9H,7H2,1H3,(H,15,20). The molecular weight excluding hydrogens is 254 g/mol. The molecule has 0 radical (unpaired) electrons. The minimum atomic E-state index is -0.170. The van der Waals surface area contributed by atoms with Crippen LogP contribution in [0.3, 0.4) is 0 Å². The Morgan fingerprint density at radius 1 is 1.25 bits per heavy atom. The average Bonchev–Trinajstić information content (AvgIpc) is 2.96. The largest absolute Gasteiger partial charge is 0.348 e. The number of aromatic nitrogens is 4. The molecule has 2 aromatic heterocycles. The first-order valence-corrected chi connectivity index (χ1v) is 6.23. The smallest absolute Gasteiger partial charge is 0.254 e. The maximum Gasteiger partial charge on any atom is 0.254 e. The normalized spacial score (nSPS) is 10.7. The molecule has 20 heavy (non-hydrogen) atoms. The molecule has 2 heterocycles. The van der Waals surface area contributed by atoms with Gasteiger partial charge in [-0.1, -0.05) is 30.3 Å². The summed E-state index contributed by atoms with van der Waals surface area (Å²) in [6.07, 6.45) is 2.95. The maximum atomic E-state index is 12.2. The van der Waals surface area contributed by atoms with Gasteiger partial charge in [-0.05, 0) is 12.5 Å². The number of rotatable bonds is 3. The van der Waals surface area contributed by atoms with Crippen molar-refractivity contribution in [3.63, 3.8) is 0 Å². The van der Waals surface area contributed by atoms with Crippen LogP contribution in [0.5, 0.6) is 0 Å². The molecular formula is C14H13N5O. The number of carbonyl (C=O) groups is 1. The number of nitrogens with zero attached hydrogens (tertiary/aromatic N) is 4. The summed E-state index contributed by atoms with van der Waals surface area (Å²) in [4.78, 5) is 20.3. The van der Waals surface area contributed by atoms with Gasteiger partial charge in [0.15, 0.2) is 0 Å². The van der Waals surface area contributed by atoms with Crippen LogP contribution in [0.15, 0.2) is 42.9 Å². The van der Waals surface area contributed by atoms with Crippen LogP contribution in [-0.2, 0) is 6.54 Å². The van der Waals surface area contributed by atoms with Gasteiger partial charge in [-0.3, -0.25) is 4.79 Å². The number of hydrogen-bond donors (Lipinski definition) is 1. The quantitative estimate of drug-likeness (QED) is 0.777. The second-order valence-corrected chi connectivity index (χ2v) is 4.40. The zero-order valence-corrected chi connectivity index (χ0v) is 10.9. The van der Waals surface area contributed by atoms with Gasteiger partial charge >= 0.3 is 0 Å². The van der Waals surface area contributed by atoms with Gasteiger partial charge in [0, 0.05) is 12.7 Å². The van der Waals surface area contributed by atoms with Gasteiger partial charge in [0.1, 0.15) is 6.33 Å². The molecule has 1 N–H and O–H groups in total. The third-order valence-electron chi connectivity index (χ3n) is 3.09. The van der Waals surface area contributed by atoms with E-state index in [2.05, 4.69) is 20.4 Å². The van der Waals surface area contributed by atoms with Crippen molar-refractivity contribution in [2.75, 3.05) is 0 Å². The molecule has 0 saturated heterocycles. The molecule has 1 aromatic carbocycles. The van der Waals surface area contributed by atoms with E-state index in [0.29, 0.717) is 17.9 Å². The van der Waals surface area contributed by atoms with E-state index in [0.717, 1.165) is 11.3 Å². The Morgan fingerprint density at radius 3 is 2.85 bits per heavy atom. The summed E-state index contributed by atoms with van der Waals surface area (Å²) in [5.74, 6) is 0.318. The summed E-state index contributed by atoms with van der Waals surface area (Å²) in [5, 5.41) is 6.92. The van der Waals surface area contributed by atoms with Gasteiger partial charge in [-0.15, -0.1) is 0 Å². The van der Waals surface area contributed by atoms with Crippen LogP contribution < -0.4 is 5.32 Å². The molecule has 0 aliphatic rings. The Balaban J connectivity index is 1.80. The van der Waals surface area contributed by atoms with Crippen molar-refractivity contribution in [1.82, 2.24) is 24.9 Å². The third kappa shape index (κ3) is 2.23. The van der Waals surface area contributed by atoms with E-state index in [9.17, 15) is 4.79 Å². The highest BCUT2D eigenvalue weighted by Gasteiger charge is 2.13. The first-order valence-electron chi connectivity index (χ1n) is 6.23. The number of benzene rings is 1. The highest BCUT2D eigenvalue weighted by atomic mass is 16.1. The van der Waals surface area contributed by atoms with Crippen molar-refractivity contribution in [1.29, 1.82) is 0 Å². The molecule has 0 bridgehead atoms. The molecule has 0 spiro atoms. The third-order valence-corrected chi connectivity index (χ3v) is 3.09. The summed E-state index contributed by atoms with van der Waals surface area (Å²) in [5.41, 5.74) is 2.27. The highest BCUT2D eigenvalue weighted by Crippen LogP contribution is 2.07. The maximum absolute atomic E-state index is 12.2. The van der Waals surface area contributed by atoms with E-state index in [1.165, 1.54) is 12.5 Å². The highest BCUT2D eigenvalue weighted by molar-refractivity contribution is 5.95. The average molecular weight is 267 g/mol. The van der Waals surface area contributed by atoms with Gasteiger partial charge in [0.2, 0.25) is 0 Å². The zero-order chi connectivity index (χ0) is 13.9. The van der Waals surface area contributed by atoms with Gasteiger partial charge in [-0.25, -0.2) is 9.50 Å². The second kappa shape index (κ2) is 5.08. The predicted molar refractivity (Wildman–Crippen MR) is 73.1 cm³/mol. The Bertz CT molecular complexity index is 751.